The van der Waals surface area contributed by atoms with Crippen LogP contribution in [0, 0.1) is 5.92 Å². The number of nitrogens with zero attached hydrogens (tertiary/aromatic N) is 1. The minimum absolute atomic E-state index is 0.558. The maximum Gasteiger partial charge on any atom is 0.0693 e. The molecule has 0 aliphatic carbocycles. The highest BCUT2D eigenvalue weighted by Crippen LogP contribution is 2.05. The van der Waals surface area contributed by atoms with E-state index in [0.29, 0.717) is 5.92 Å². The molecule has 0 fully saturated rings. The van der Waals surface area contributed by atoms with Gasteiger partial charge in [0.2, 0.25) is 0 Å². The molecule has 0 atom stereocenters. The third-order valence-electron chi connectivity index (χ3n) is 2.59. The monoisotopic (exact) mass is 219 g/mol. The Labute approximate surface area is 99.9 Å². The predicted molar refractivity (Wildman–Crippen MR) is 73.5 cm³/mol. The topological polar surface area (TPSA) is 12.9 Å². The smallest absolute Gasteiger partial charge is 0.0693 e. The third kappa shape index (κ3) is 3.80. The molecule has 0 unspecified atom stereocenters. The van der Waals surface area contributed by atoms with Crippen LogP contribution in [0.5, 0.6) is 0 Å². The van der Waals surface area contributed by atoms with E-state index in [0.717, 1.165) is 5.35 Å². The lowest BCUT2D eigenvalue weighted by molar-refractivity contribution is 0.834. The highest BCUT2D eigenvalue weighted by molar-refractivity contribution is 5.46. The minimum Gasteiger partial charge on any atom is -0.256 e. The van der Waals surface area contributed by atoms with Crippen LogP contribution in [0.2, 0.25) is 0 Å². The Morgan fingerprint density at radius 2 is 1.69 bits per heavy atom. The lowest BCUT2D eigenvalue weighted by atomic mass is 10.0. The van der Waals surface area contributed by atoms with Crippen LogP contribution >= 0.6 is 0 Å². The molecule has 1 heteroatoms. The van der Waals surface area contributed by atoms with Crippen LogP contribution < -0.4 is 10.6 Å². The zero-order valence-corrected chi connectivity index (χ0v) is 11.8. The maximum atomic E-state index is 4.46. The number of rotatable bonds is 1. The van der Waals surface area contributed by atoms with Gasteiger partial charge in [-0.3, -0.25) is 4.98 Å². The fourth-order valence-corrected chi connectivity index (χ4v) is 1.40. The van der Waals surface area contributed by atoms with Crippen molar-refractivity contribution in [1.29, 1.82) is 0 Å². The van der Waals surface area contributed by atoms with E-state index in [1.165, 1.54) is 16.4 Å². The molecule has 1 aromatic heterocycles. The summed E-state index contributed by atoms with van der Waals surface area (Å²) in [7, 11) is 0. The molecule has 1 aromatic rings. The molecule has 0 aromatic carbocycles. The predicted octanol–water partition coefficient (Wildman–Crippen LogP) is 3.12. The maximum absolute atomic E-state index is 4.46. The van der Waals surface area contributed by atoms with Crippen molar-refractivity contribution in [1.82, 2.24) is 4.98 Å². The molecule has 1 heterocycles. The highest BCUT2D eigenvalue weighted by atomic mass is 14.6. The van der Waals surface area contributed by atoms with Gasteiger partial charge in [-0.1, -0.05) is 39.3 Å². The summed E-state index contributed by atoms with van der Waals surface area (Å²) in [5.74, 6) is 0.558. The van der Waals surface area contributed by atoms with E-state index >= 15 is 0 Å². The van der Waals surface area contributed by atoms with E-state index in [1.54, 1.807) is 0 Å². The van der Waals surface area contributed by atoms with E-state index in [9.17, 15) is 0 Å². The first-order valence-corrected chi connectivity index (χ1v) is 6.13. The summed E-state index contributed by atoms with van der Waals surface area (Å²) in [5.41, 5.74) is 2.69. The van der Waals surface area contributed by atoms with E-state index < -0.39 is 0 Å². The standard InChI is InChI=1S/C13H19N.C2H6/c1-9(2)11(5)13-12(10(3)4)7-6-8-14-13;1-2/h6-9H,1-5H3;1-2H3/b13-11-;. The first-order chi connectivity index (χ1) is 7.54. The van der Waals surface area contributed by atoms with Crippen LogP contribution in [0.4, 0.5) is 0 Å². The van der Waals surface area contributed by atoms with Gasteiger partial charge in [-0.25, -0.2) is 0 Å². The second kappa shape index (κ2) is 7.21. The van der Waals surface area contributed by atoms with Gasteiger partial charge in [-0.2, -0.15) is 0 Å². The molecule has 0 radical (unpaired) electrons. The van der Waals surface area contributed by atoms with Crippen LogP contribution in [0.25, 0.3) is 11.1 Å². The van der Waals surface area contributed by atoms with Crippen LogP contribution in [0.15, 0.2) is 18.3 Å². The van der Waals surface area contributed by atoms with E-state index in [2.05, 4.69) is 45.7 Å². The molecule has 1 rings (SSSR count). The van der Waals surface area contributed by atoms with Gasteiger partial charge < -0.3 is 0 Å². The normalized spacial score (nSPS) is 11.8. The van der Waals surface area contributed by atoms with Gasteiger partial charge in [0.05, 0.1) is 5.35 Å². The van der Waals surface area contributed by atoms with Gasteiger partial charge in [0.25, 0.3) is 0 Å². The van der Waals surface area contributed by atoms with E-state index in [-0.39, 0.29) is 0 Å². The second-order valence-corrected chi connectivity index (χ2v) is 4.24. The average Bonchev–Trinajstić information content (AvgIpc) is 2.30. The molecule has 0 bridgehead atoms. The first-order valence-electron chi connectivity index (χ1n) is 6.13. The Balaban J connectivity index is 0.00000106. The summed E-state index contributed by atoms with van der Waals surface area (Å²) in [4.78, 5) is 4.46. The van der Waals surface area contributed by atoms with Crippen molar-refractivity contribution in [2.24, 2.45) is 5.92 Å². The molecule has 0 saturated carbocycles. The van der Waals surface area contributed by atoms with Crippen molar-refractivity contribution in [3.05, 3.63) is 28.9 Å². The Morgan fingerprint density at radius 1 is 1.12 bits per heavy atom. The zero-order chi connectivity index (χ0) is 12.7. The molecule has 0 aliphatic heterocycles. The molecule has 16 heavy (non-hydrogen) atoms. The summed E-state index contributed by atoms with van der Waals surface area (Å²) in [6.07, 6.45) is 1.87. The van der Waals surface area contributed by atoms with Gasteiger partial charge in [-0.15, -0.1) is 0 Å². The van der Waals surface area contributed by atoms with Crippen molar-refractivity contribution in [2.75, 3.05) is 0 Å². The van der Waals surface area contributed by atoms with E-state index in [4.69, 9.17) is 0 Å². The quantitative estimate of drug-likeness (QED) is 0.707. The summed E-state index contributed by atoms with van der Waals surface area (Å²) < 4.78 is 0. The third-order valence-corrected chi connectivity index (χ3v) is 2.59. The van der Waals surface area contributed by atoms with Gasteiger partial charge >= 0.3 is 0 Å². The average molecular weight is 219 g/mol. The van der Waals surface area contributed by atoms with Crippen molar-refractivity contribution >= 4 is 11.1 Å². The highest BCUT2D eigenvalue weighted by Gasteiger charge is 1.99. The van der Waals surface area contributed by atoms with E-state index in [1.807, 2.05) is 26.1 Å². The molecule has 90 valence electrons. The zero-order valence-electron chi connectivity index (χ0n) is 11.8. The molecule has 0 N–H and O–H groups in total. The molecule has 1 nitrogen and oxygen atoms in total. The Hall–Kier alpha value is -1.11. The van der Waals surface area contributed by atoms with Gasteiger partial charge in [0.15, 0.2) is 0 Å². The minimum atomic E-state index is 0.558. The van der Waals surface area contributed by atoms with Gasteiger partial charge in [-0.05, 0) is 43.5 Å². The summed E-state index contributed by atoms with van der Waals surface area (Å²) in [5, 5.41) is 2.43. The van der Waals surface area contributed by atoms with Crippen LogP contribution in [-0.4, -0.2) is 4.98 Å². The Morgan fingerprint density at radius 3 is 2.12 bits per heavy atom. The lowest BCUT2D eigenvalue weighted by Gasteiger charge is -2.04. The van der Waals surface area contributed by atoms with Gasteiger partial charge in [0, 0.05) is 6.20 Å². The molecule has 0 amide bonds. The summed E-state index contributed by atoms with van der Waals surface area (Å²) in [6.45, 7) is 14.8. The number of hydrogen-bond acceptors (Lipinski definition) is 1. The second-order valence-electron chi connectivity index (χ2n) is 4.24. The molecule has 0 saturated heterocycles. The number of hydrogen-bond donors (Lipinski definition) is 0. The molecular formula is C15H25N. The number of pyridine rings is 1. The molecular weight excluding hydrogens is 194 g/mol. The van der Waals surface area contributed by atoms with Crippen molar-refractivity contribution in [3.63, 3.8) is 0 Å². The number of aromatic nitrogens is 1. The molecule has 0 aliphatic rings. The van der Waals surface area contributed by atoms with Gasteiger partial charge in [0.1, 0.15) is 0 Å². The Kier molecular flexibility index (Phi) is 6.71. The molecule has 0 spiro atoms. The van der Waals surface area contributed by atoms with Crippen molar-refractivity contribution in [2.45, 2.75) is 48.5 Å². The fourth-order valence-electron chi connectivity index (χ4n) is 1.40. The summed E-state index contributed by atoms with van der Waals surface area (Å²) in [6, 6.07) is 4.14. The lowest BCUT2D eigenvalue weighted by Crippen LogP contribution is -2.31. The van der Waals surface area contributed by atoms with Crippen molar-refractivity contribution < 1.29 is 0 Å². The van der Waals surface area contributed by atoms with Crippen LogP contribution in [0.1, 0.15) is 48.5 Å². The fraction of sp³-hybridized carbons (Fsp3) is 0.533. The van der Waals surface area contributed by atoms with Crippen LogP contribution in [0.3, 0.4) is 0 Å². The Bertz CT molecular complexity index is 423. The van der Waals surface area contributed by atoms with Crippen LogP contribution in [-0.2, 0) is 0 Å². The summed E-state index contributed by atoms with van der Waals surface area (Å²) >= 11 is 0. The van der Waals surface area contributed by atoms with Crippen molar-refractivity contribution in [3.8, 4) is 0 Å². The first kappa shape index (κ1) is 14.9. The SMILES string of the molecule is CC.CC(C)=c1cccn/c1=C(/C)C(C)C. The largest absolute Gasteiger partial charge is 0.256 e.